The maximum atomic E-state index is 0. The third-order valence-corrected chi connectivity index (χ3v) is 0. The van der Waals surface area contributed by atoms with E-state index >= 15 is 0 Å². The topological polar surface area (TPSA) is 0 Å². The van der Waals surface area contributed by atoms with Crippen molar-refractivity contribution in [1.29, 1.82) is 0 Å². The van der Waals surface area contributed by atoms with Gasteiger partial charge in [-0.1, -0.05) is 0 Å². The molecule has 0 saturated heterocycles. The molecule has 0 heterocycles. The zero-order chi connectivity index (χ0) is 0. The third-order valence-electron chi connectivity index (χ3n) is 0. The molecule has 0 aromatic heterocycles. The second-order valence-electron chi connectivity index (χ2n) is 0. The van der Waals surface area contributed by atoms with E-state index in [4.69, 9.17) is 0 Å². The van der Waals surface area contributed by atoms with Crippen molar-refractivity contribution in [3.63, 3.8) is 0 Å². The average molecular weight is 455 g/mol. The molecular formula is BrClCsPb. The molecule has 4 heavy (non-hydrogen) atoms. The molecular weight excluding hydrogens is 455 g/mol. The smallest absolute Gasteiger partial charge is 0 e. The van der Waals surface area contributed by atoms with E-state index in [1.807, 2.05) is 0 Å². The molecule has 0 atom stereocenters. The van der Waals surface area contributed by atoms with E-state index in [0.29, 0.717) is 0 Å². The minimum absolute atomic E-state index is 0. The van der Waals surface area contributed by atoms with Gasteiger partial charge < -0.3 is 0 Å². The van der Waals surface area contributed by atoms with Gasteiger partial charge >= 0.3 is 0 Å². The Morgan fingerprint density at radius 1 is 1.00 bits per heavy atom. The van der Waals surface area contributed by atoms with Gasteiger partial charge in [-0.2, -0.15) is 0 Å². The molecule has 0 amide bonds. The summed E-state index contributed by atoms with van der Waals surface area (Å²) in [5.74, 6) is 0. The summed E-state index contributed by atoms with van der Waals surface area (Å²) in [7, 11) is 0. The first kappa shape index (κ1) is 25.1. The van der Waals surface area contributed by atoms with Crippen LogP contribution in [0.15, 0.2) is 0 Å². The molecule has 0 rings (SSSR count). The molecule has 0 aliphatic heterocycles. The van der Waals surface area contributed by atoms with Crippen molar-refractivity contribution in [2.75, 3.05) is 0 Å². The summed E-state index contributed by atoms with van der Waals surface area (Å²) in [6, 6.07) is 0. The summed E-state index contributed by atoms with van der Waals surface area (Å²) in [5.41, 5.74) is 0. The number of halogens is 2. The predicted octanol–water partition coefficient (Wildman–Crippen LogP) is 0.773. The van der Waals surface area contributed by atoms with Gasteiger partial charge in [0.05, 0.1) is 0 Å². The maximum Gasteiger partial charge on any atom is 0 e. The molecule has 0 aliphatic rings. The second-order valence-corrected chi connectivity index (χ2v) is 0. The van der Waals surface area contributed by atoms with Crippen LogP contribution in [0.4, 0.5) is 0 Å². The Morgan fingerprint density at radius 3 is 1.00 bits per heavy atom. The van der Waals surface area contributed by atoms with Crippen LogP contribution in [0.3, 0.4) is 0 Å². The normalized spacial score (nSPS) is 0. The first-order valence-electron chi connectivity index (χ1n) is 0. The fourth-order valence-electron chi connectivity index (χ4n) is 0. The van der Waals surface area contributed by atoms with Crippen molar-refractivity contribution in [3.05, 3.63) is 0 Å². The van der Waals surface area contributed by atoms with Crippen molar-refractivity contribution in [2.24, 2.45) is 0 Å². The summed E-state index contributed by atoms with van der Waals surface area (Å²) in [6.45, 7) is 0. The van der Waals surface area contributed by atoms with Crippen LogP contribution < -0.4 is 0 Å². The Bertz CT molecular complexity index is 8.00. The average Bonchev–Trinajstić information content (AvgIpc) is 0. The Morgan fingerprint density at radius 2 is 1.00 bits per heavy atom. The molecule has 0 aromatic rings. The van der Waals surface area contributed by atoms with E-state index in [2.05, 4.69) is 0 Å². The Hall–Kier alpha value is 3.74. The molecule has 0 bridgehead atoms. The molecule has 19 valence electrons. The summed E-state index contributed by atoms with van der Waals surface area (Å²) in [5, 5.41) is 0. The zero-order valence-electron chi connectivity index (χ0n) is 2.26. The molecule has 7 radical (unpaired) electrons. The molecule has 0 unspecified atom stereocenters. The maximum absolute atomic E-state index is 0. The van der Waals surface area contributed by atoms with Gasteiger partial charge in [-0.25, -0.2) is 0 Å². The molecule has 0 aliphatic carbocycles. The molecule has 0 saturated carbocycles. The fraction of sp³-hybridized carbons (Fsp3) is 0. The van der Waals surface area contributed by atoms with Crippen LogP contribution in [0.25, 0.3) is 0 Å². The van der Waals surface area contributed by atoms with E-state index in [-0.39, 0.29) is 126 Å². The largest absolute Gasteiger partial charge is 0 e. The molecule has 0 fully saturated rings. The Kier molecular flexibility index (Phi) is 99.7. The van der Waals surface area contributed by atoms with Crippen LogP contribution in [0, 0.1) is 0 Å². The SMILES string of the molecule is [Br].[Cl].[Cs].[Pb]. The standard InChI is InChI=1S/Br.Cl.Cs.Pb. The van der Waals surface area contributed by atoms with Crippen molar-refractivity contribution < 1.29 is 0 Å². The van der Waals surface area contributed by atoms with Gasteiger partial charge in [0.1, 0.15) is 0 Å². The van der Waals surface area contributed by atoms with E-state index in [0.717, 1.165) is 0 Å². The second kappa shape index (κ2) is 15.9. The number of hydrogen-bond donors (Lipinski definition) is 0. The Labute approximate surface area is 122 Å². The van der Waals surface area contributed by atoms with Crippen molar-refractivity contribution in [1.82, 2.24) is 0 Å². The van der Waals surface area contributed by atoms with Gasteiger partial charge in [0.2, 0.25) is 0 Å². The van der Waals surface area contributed by atoms with Crippen LogP contribution in [0.1, 0.15) is 0 Å². The quantitative estimate of drug-likeness (QED) is 0.474. The van der Waals surface area contributed by atoms with E-state index in [1.54, 1.807) is 0 Å². The van der Waals surface area contributed by atoms with E-state index in [9.17, 15) is 0 Å². The zero-order valence-corrected chi connectivity index (χ0v) is 14.8. The van der Waals surface area contributed by atoms with Gasteiger partial charge in [-0.3, -0.25) is 0 Å². The summed E-state index contributed by atoms with van der Waals surface area (Å²) in [4.78, 5) is 0. The van der Waals surface area contributed by atoms with Crippen LogP contribution in [0.2, 0.25) is 0 Å². The molecule has 0 N–H and O–H groups in total. The van der Waals surface area contributed by atoms with Crippen molar-refractivity contribution in [2.45, 2.75) is 0 Å². The molecule has 0 nitrogen and oxygen atoms in total. The summed E-state index contributed by atoms with van der Waals surface area (Å²) >= 11 is 0. The van der Waals surface area contributed by atoms with E-state index < -0.39 is 0 Å². The first-order chi connectivity index (χ1) is 0. The van der Waals surface area contributed by atoms with Crippen molar-refractivity contribution >= 4 is 126 Å². The van der Waals surface area contributed by atoms with E-state index in [1.165, 1.54) is 0 Å². The third kappa shape index (κ3) is 9.22. The molecule has 0 aromatic carbocycles. The van der Waals surface area contributed by atoms with Crippen LogP contribution in [-0.4, -0.2) is 96.2 Å². The minimum atomic E-state index is 0. The van der Waals surface area contributed by atoms with Gasteiger partial charge in [-0.15, -0.1) is 0 Å². The number of rotatable bonds is 0. The fourth-order valence-corrected chi connectivity index (χ4v) is 0. The van der Waals surface area contributed by atoms with Crippen LogP contribution >= 0.6 is 29.4 Å². The van der Waals surface area contributed by atoms with Gasteiger partial charge in [0.15, 0.2) is 0 Å². The summed E-state index contributed by atoms with van der Waals surface area (Å²) < 4.78 is 0. The molecule has 4 heteroatoms. The van der Waals surface area contributed by atoms with Gasteiger partial charge in [0.25, 0.3) is 0 Å². The van der Waals surface area contributed by atoms with Gasteiger partial charge in [0, 0.05) is 126 Å². The summed E-state index contributed by atoms with van der Waals surface area (Å²) in [6.07, 6.45) is 0. The van der Waals surface area contributed by atoms with Crippen LogP contribution in [-0.2, 0) is 0 Å². The van der Waals surface area contributed by atoms with Crippen molar-refractivity contribution in [3.8, 4) is 0 Å². The monoisotopic (exact) mass is 455 g/mol. The predicted molar refractivity (Wildman–Crippen MR) is 26.3 cm³/mol. The Balaban J connectivity index is 0. The van der Waals surface area contributed by atoms with Gasteiger partial charge in [-0.05, 0) is 0 Å². The molecule has 0 spiro atoms. The minimum Gasteiger partial charge on any atom is 0 e. The first-order valence-corrected chi connectivity index (χ1v) is 0. The number of hydrogen-bond acceptors (Lipinski definition) is 0. The van der Waals surface area contributed by atoms with Crippen LogP contribution in [0.5, 0.6) is 0 Å².